The van der Waals surface area contributed by atoms with Crippen LogP contribution in [0.3, 0.4) is 0 Å². The molecule has 1 fully saturated rings. The Morgan fingerprint density at radius 3 is 2.65 bits per heavy atom. The second-order valence-electron chi connectivity index (χ2n) is 7.96. The number of rotatable bonds is 5. The van der Waals surface area contributed by atoms with Gasteiger partial charge in [-0.05, 0) is 36.6 Å². The maximum atomic E-state index is 13.1. The second kappa shape index (κ2) is 9.78. The highest BCUT2D eigenvalue weighted by atomic mass is 16.3. The molecule has 0 radical (unpaired) electrons. The number of nitrogens with zero attached hydrogens (tertiary/aromatic N) is 2. The lowest BCUT2D eigenvalue weighted by Crippen LogP contribution is -2.51. The fourth-order valence-electron chi connectivity index (χ4n) is 4.01. The number of carbonyl (C=O) groups is 4. The largest absolute Gasteiger partial charge is 0.389 e. The zero-order valence-electron chi connectivity index (χ0n) is 17.6. The lowest BCUT2D eigenvalue weighted by Gasteiger charge is -2.27. The summed E-state index contributed by atoms with van der Waals surface area (Å²) in [6.07, 6.45) is 1.14. The van der Waals surface area contributed by atoms with E-state index >= 15 is 0 Å². The lowest BCUT2D eigenvalue weighted by atomic mass is 10.00. The Morgan fingerprint density at radius 1 is 1.23 bits per heavy atom. The van der Waals surface area contributed by atoms with E-state index in [1.54, 1.807) is 18.2 Å². The number of benzene rings is 1. The highest BCUT2D eigenvalue weighted by Crippen LogP contribution is 2.24. The number of nitrogens with two attached hydrogens (primary N) is 1. The summed E-state index contributed by atoms with van der Waals surface area (Å²) in [5.74, 6) is -0.605. The number of β-amino-alcohol motifs (C(OH)–C–C–N with tert-alkyl or cyclic N) is 1. The van der Waals surface area contributed by atoms with Gasteiger partial charge in [0.25, 0.3) is 5.91 Å². The maximum absolute atomic E-state index is 13.1. The molecular weight excluding hydrogens is 402 g/mol. The van der Waals surface area contributed by atoms with Gasteiger partial charge in [-0.25, -0.2) is 4.79 Å². The van der Waals surface area contributed by atoms with Crippen LogP contribution in [-0.4, -0.2) is 77.0 Å². The average molecular weight is 431 g/mol. The number of aryl methyl sites for hydroxylation is 1. The summed E-state index contributed by atoms with van der Waals surface area (Å²) >= 11 is 0. The van der Waals surface area contributed by atoms with Crippen LogP contribution in [0.2, 0.25) is 0 Å². The van der Waals surface area contributed by atoms with Gasteiger partial charge in [0.15, 0.2) is 0 Å². The van der Waals surface area contributed by atoms with E-state index in [9.17, 15) is 24.3 Å². The summed E-state index contributed by atoms with van der Waals surface area (Å²) in [4.78, 5) is 51.7. The topological polar surface area (TPSA) is 145 Å². The Bertz CT molecular complexity index is 874. The number of carbonyl (C=O) groups excluding carboxylic acids is 4. The number of hydrogen-bond donors (Lipinski definition) is 4. The summed E-state index contributed by atoms with van der Waals surface area (Å²) in [6, 6.07) is 3.61. The summed E-state index contributed by atoms with van der Waals surface area (Å²) in [5.41, 5.74) is 7.27. The Labute approximate surface area is 180 Å². The highest BCUT2D eigenvalue weighted by molar-refractivity contribution is 5.98. The van der Waals surface area contributed by atoms with Gasteiger partial charge in [-0.3, -0.25) is 14.4 Å². The second-order valence-corrected chi connectivity index (χ2v) is 7.96. The van der Waals surface area contributed by atoms with Crippen LogP contribution in [0.25, 0.3) is 0 Å². The minimum absolute atomic E-state index is 0.0424. The van der Waals surface area contributed by atoms with E-state index in [0.29, 0.717) is 36.9 Å². The first-order valence-electron chi connectivity index (χ1n) is 10.5. The zero-order chi connectivity index (χ0) is 22.5. The summed E-state index contributed by atoms with van der Waals surface area (Å²) < 4.78 is 0. The Kier molecular flexibility index (Phi) is 7.11. The Morgan fingerprint density at radius 2 is 1.94 bits per heavy atom. The van der Waals surface area contributed by atoms with Crippen molar-refractivity contribution in [3.63, 3.8) is 0 Å². The highest BCUT2D eigenvalue weighted by Gasteiger charge is 2.31. The lowest BCUT2D eigenvalue weighted by molar-refractivity contribution is -0.134. The Hall–Kier alpha value is -3.14. The van der Waals surface area contributed by atoms with Gasteiger partial charge in [-0.2, -0.15) is 0 Å². The van der Waals surface area contributed by atoms with Crippen molar-refractivity contribution in [1.29, 1.82) is 0 Å². The number of amides is 5. The van der Waals surface area contributed by atoms with Crippen LogP contribution in [0.15, 0.2) is 18.2 Å². The van der Waals surface area contributed by atoms with Gasteiger partial charge in [0.05, 0.1) is 6.10 Å². The molecule has 2 atom stereocenters. The molecule has 10 heteroatoms. The average Bonchev–Trinajstić information content (AvgIpc) is 2.93. The van der Waals surface area contributed by atoms with Gasteiger partial charge >= 0.3 is 6.03 Å². The van der Waals surface area contributed by atoms with Crippen molar-refractivity contribution < 1.29 is 24.3 Å². The van der Waals surface area contributed by atoms with E-state index < -0.39 is 18.2 Å². The fourth-order valence-corrected chi connectivity index (χ4v) is 4.01. The van der Waals surface area contributed by atoms with Crippen LogP contribution < -0.4 is 16.4 Å². The number of primary amides is 1. The summed E-state index contributed by atoms with van der Waals surface area (Å²) in [6.45, 7) is 2.55. The SMILES string of the molecule is CCC[C@@H](NC(N)=O)C(=O)N1CCN(C(=O)c2ccc3c(c2)CCC(=O)N3)CC(O)C1. The molecule has 2 aliphatic heterocycles. The molecule has 5 N–H and O–H groups in total. The summed E-state index contributed by atoms with van der Waals surface area (Å²) in [5, 5.41) is 15.7. The molecule has 1 unspecified atom stereocenters. The third kappa shape index (κ3) is 5.52. The van der Waals surface area contributed by atoms with Crippen molar-refractivity contribution in [2.75, 3.05) is 31.5 Å². The van der Waals surface area contributed by atoms with E-state index in [0.717, 1.165) is 5.56 Å². The molecule has 1 saturated heterocycles. The molecule has 0 saturated carbocycles. The zero-order valence-corrected chi connectivity index (χ0v) is 17.6. The predicted molar refractivity (Wildman–Crippen MR) is 113 cm³/mol. The molecule has 31 heavy (non-hydrogen) atoms. The molecular formula is C21H29N5O5. The van der Waals surface area contributed by atoms with Crippen molar-refractivity contribution in [3.8, 4) is 0 Å². The number of fused-ring (bicyclic) bond motifs is 1. The van der Waals surface area contributed by atoms with Gasteiger partial charge in [0, 0.05) is 43.9 Å². The number of aliphatic hydroxyl groups is 1. The van der Waals surface area contributed by atoms with Crippen LogP contribution in [0.1, 0.15) is 42.1 Å². The first-order valence-corrected chi connectivity index (χ1v) is 10.5. The fraction of sp³-hybridized carbons (Fsp3) is 0.524. The molecule has 0 aliphatic carbocycles. The molecule has 10 nitrogen and oxygen atoms in total. The number of anilines is 1. The molecule has 1 aromatic rings. The normalized spacial score (nSPS) is 19.7. The standard InChI is InChI=1S/C21H29N5O5/c1-2-3-17(24-21(22)31)20(30)26-9-8-25(11-15(27)12-26)19(29)14-4-6-16-13(10-14)5-7-18(28)23-16/h4,6,10,15,17,27H,2-3,5,7-9,11-12H2,1H3,(H,23,28)(H3,22,24,31)/t15?,17-/m1/s1. The van der Waals surface area contributed by atoms with E-state index in [1.807, 2.05) is 6.92 Å². The number of urea groups is 1. The van der Waals surface area contributed by atoms with E-state index in [-0.39, 0.29) is 43.9 Å². The molecule has 1 aromatic carbocycles. The quantitative estimate of drug-likeness (QED) is 0.521. The number of hydrogen-bond acceptors (Lipinski definition) is 5. The van der Waals surface area contributed by atoms with Crippen molar-refractivity contribution in [3.05, 3.63) is 29.3 Å². The predicted octanol–water partition coefficient (Wildman–Crippen LogP) is 0.0536. The smallest absolute Gasteiger partial charge is 0.312 e. The molecule has 5 amide bonds. The third-order valence-electron chi connectivity index (χ3n) is 5.54. The molecule has 2 heterocycles. The van der Waals surface area contributed by atoms with Crippen LogP contribution in [0.5, 0.6) is 0 Å². The third-order valence-corrected chi connectivity index (χ3v) is 5.54. The van der Waals surface area contributed by atoms with Gasteiger partial charge < -0.3 is 31.3 Å². The van der Waals surface area contributed by atoms with Crippen molar-refractivity contribution >= 4 is 29.4 Å². The monoisotopic (exact) mass is 431 g/mol. The first kappa shape index (κ1) is 22.5. The minimum Gasteiger partial charge on any atom is -0.389 e. The van der Waals surface area contributed by atoms with Crippen LogP contribution in [0.4, 0.5) is 10.5 Å². The van der Waals surface area contributed by atoms with Gasteiger partial charge in [-0.1, -0.05) is 13.3 Å². The maximum Gasteiger partial charge on any atom is 0.312 e. The number of aliphatic hydroxyl groups excluding tert-OH is 1. The van der Waals surface area contributed by atoms with Crippen LogP contribution in [-0.2, 0) is 16.0 Å². The van der Waals surface area contributed by atoms with E-state index in [2.05, 4.69) is 10.6 Å². The molecule has 0 spiro atoms. The van der Waals surface area contributed by atoms with Gasteiger partial charge in [0.1, 0.15) is 6.04 Å². The number of nitrogens with one attached hydrogen (secondary N) is 2. The van der Waals surface area contributed by atoms with Crippen molar-refractivity contribution in [1.82, 2.24) is 15.1 Å². The van der Waals surface area contributed by atoms with Crippen LogP contribution in [0, 0.1) is 0 Å². The van der Waals surface area contributed by atoms with Gasteiger partial charge in [-0.15, -0.1) is 0 Å². The molecule has 0 bridgehead atoms. The molecule has 3 rings (SSSR count). The van der Waals surface area contributed by atoms with Crippen molar-refractivity contribution in [2.24, 2.45) is 5.73 Å². The van der Waals surface area contributed by atoms with Gasteiger partial charge in [0.2, 0.25) is 11.8 Å². The first-order chi connectivity index (χ1) is 14.8. The minimum atomic E-state index is -0.914. The Balaban J connectivity index is 1.70. The van der Waals surface area contributed by atoms with E-state index in [4.69, 9.17) is 5.73 Å². The summed E-state index contributed by atoms with van der Waals surface area (Å²) in [7, 11) is 0. The molecule has 2 aliphatic rings. The van der Waals surface area contributed by atoms with Crippen LogP contribution >= 0.6 is 0 Å². The molecule has 0 aromatic heterocycles. The molecule has 168 valence electrons. The van der Waals surface area contributed by atoms with E-state index in [1.165, 1.54) is 9.80 Å². The van der Waals surface area contributed by atoms with Crippen molar-refractivity contribution in [2.45, 2.75) is 44.8 Å².